The summed E-state index contributed by atoms with van der Waals surface area (Å²) in [5, 5.41) is 11.4. The monoisotopic (exact) mass is 443 g/mol. The fourth-order valence-corrected chi connectivity index (χ4v) is 3.82. The molecule has 0 saturated heterocycles. The summed E-state index contributed by atoms with van der Waals surface area (Å²) in [6, 6.07) is 13.5. The average molecular weight is 444 g/mol. The van der Waals surface area contributed by atoms with E-state index in [9.17, 15) is 19.5 Å². The molecule has 31 heavy (non-hydrogen) atoms. The molecule has 0 aliphatic rings. The molecule has 160 valence electrons. The Morgan fingerprint density at radius 2 is 1.68 bits per heavy atom. The summed E-state index contributed by atoms with van der Waals surface area (Å²) in [6.45, 7) is 0.990. The van der Waals surface area contributed by atoms with Gasteiger partial charge in [0.15, 0.2) is 5.60 Å². The number of hydrogen-bond acceptors (Lipinski definition) is 4. The van der Waals surface area contributed by atoms with Crippen LogP contribution in [0.5, 0.6) is 0 Å². The number of carbonyl (C=O) groups excluding carboxylic acids is 2. The lowest BCUT2D eigenvalue weighted by Gasteiger charge is -2.42. The minimum absolute atomic E-state index is 0.0109. The van der Waals surface area contributed by atoms with E-state index >= 15 is 4.39 Å². The summed E-state index contributed by atoms with van der Waals surface area (Å²) in [6.07, 6.45) is 1.44. The number of rotatable bonds is 6. The van der Waals surface area contributed by atoms with E-state index in [1.165, 1.54) is 59.3 Å². The van der Waals surface area contributed by atoms with E-state index in [-0.39, 0.29) is 16.8 Å². The average Bonchev–Trinajstić information content (AvgIpc) is 2.70. The van der Waals surface area contributed by atoms with E-state index in [4.69, 9.17) is 23.1 Å². The van der Waals surface area contributed by atoms with E-state index < -0.39 is 34.2 Å². The summed E-state index contributed by atoms with van der Waals surface area (Å²) in [5.41, 5.74) is 5.47. The molecule has 5 N–H and O–H groups in total. The number of nitrogens with zero attached hydrogens (tertiary/aromatic N) is 1. The Hall–Kier alpha value is -3.49. The topological polar surface area (TPSA) is 128 Å². The van der Waals surface area contributed by atoms with E-state index in [0.717, 1.165) is 13.0 Å². The lowest BCUT2D eigenvalue weighted by Crippen LogP contribution is -2.64. The van der Waals surface area contributed by atoms with Crippen LogP contribution in [0.15, 0.2) is 71.7 Å². The van der Waals surface area contributed by atoms with E-state index in [1.807, 2.05) is 0 Å². The molecule has 0 fully saturated rings. The molecule has 2 unspecified atom stereocenters. The molecule has 1 heterocycles. The van der Waals surface area contributed by atoms with Crippen LogP contribution >= 0.6 is 11.6 Å². The van der Waals surface area contributed by atoms with Gasteiger partial charge in [-0.1, -0.05) is 35.9 Å². The molecular weight excluding hydrogens is 425 g/mol. The van der Waals surface area contributed by atoms with Crippen LogP contribution in [0.1, 0.15) is 18.1 Å². The van der Waals surface area contributed by atoms with Crippen LogP contribution < -0.4 is 17.0 Å². The zero-order valence-electron chi connectivity index (χ0n) is 16.4. The highest BCUT2D eigenvalue weighted by molar-refractivity contribution is 6.30. The van der Waals surface area contributed by atoms with E-state index in [0.29, 0.717) is 5.02 Å². The molecule has 3 aromatic rings. The van der Waals surface area contributed by atoms with Gasteiger partial charge in [-0.05, 0) is 42.8 Å². The molecule has 7 nitrogen and oxygen atoms in total. The third-order valence-corrected chi connectivity index (χ3v) is 5.57. The van der Waals surface area contributed by atoms with Crippen molar-refractivity contribution in [3.8, 4) is 5.69 Å². The summed E-state index contributed by atoms with van der Waals surface area (Å²) < 4.78 is 16.7. The lowest BCUT2D eigenvalue weighted by atomic mass is 9.62. The van der Waals surface area contributed by atoms with Crippen molar-refractivity contribution in [1.29, 1.82) is 0 Å². The van der Waals surface area contributed by atoms with Gasteiger partial charge in [0.1, 0.15) is 11.2 Å². The number of aliphatic hydroxyl groups is 1. The number of benzene rings is 2. The first-order chi connectivity index (χ1) is 14.5. The molecule has 0 bridgehead atoms. The van der Waals surface area contributed by atoms with Crippen LogP contribution in [0.4, 0.5) is 4.39 Å². The van der Waals surface area contributed by atoms with Crippen molar-refractivity contribution < 1.29 is 19.1 Å². The second-order valence-electron chi connectivity index (χ2n) is 7.13. The summed E-state index contributed by atoms with van der Waals surface area (Å²) in [7, 11) is 0. The Morgan fingerprint density at radius 3 is 2.19 bits per heavy atom. The maximum Gasteiger partial charge on any atom is 0.255 e. The molecular formula is C22H19ClFN3O4. The Bertz CT molecular complexity index is 1220. The smallest absolute Gasteiger partial charge is 0.255 e. The fraction of sp³-hybridized carbons (Fsp3) is 0.136. The standard InChI is InChI=1S/C22H19ClFN3O4/c1-21(31,19(25)29)22(20(26)30,13-5-7-14(23)8-6-13)16-10-9-15(12-17(16)24)27-11-3-2-4-18(27)28/h2-12,31H,1H3,(H2,25,29)(H2,26,30). The van der Waals surface area contributed by atoms with Gasteiger partial charge in [-0.3, -0.25) is 19.0 Å². The molecule has 9 heteroatoms. The van der Waals surface area contributed by atoms with Gasteiger partial charge < -0.3 is 16.6 Å². The van der Waals surface area contributed by atoms with Crippen molar-refractivity contribution in [2.24, 2.45) is 11.5 Å². The van der Waals surface area contributed by atoms with Crippen LogP contribution in [-0.4, -0.2) is 27.1 Å². The zero-order valence-corrected chi connectivity index (χ0v) is 17.1. The summed E-state index contributed by atoms with van der Waals surface area (Å²) >= 11 is 5.92. The number of carbonyl (C=O) groups is 2. The highest BCUT2D eigenvalue weighted by Gasteiger charge is 2.59. The van der Waals surface area contributed by atoms with Gasteiger partial charge in [-0.15, -0.1) is 0 Å². The Kier molecular flexibility index (Phi) is 5.71. The predicted molar refractivity (Wildman–Crippen MR) is 113 cm³/mol. The second-order valence-corrected chi connectivity index (χ2v) is 7.57. The fourth-order valence-electron chi connectivity index (χ4n) is 3.70. The summed E-state index contributed by atoms with van der Waals surface area (Å²) in [5.74, 6) is -3.48. The Morgan fingerprint density at radius 1 is 1.03 bits per heavy atom. The second kappa shape index (κ2) is 7.98. The predicted octanol–water partition coefficient (Wildman–Crippen LogP) is 1.64. The highest BCUT2D eigenvalue weighted by Crippen LogP contribution is 2.43. The minimum atomic E-state index is -2.61. The van der Waals surface area contributed by atoms with Gasteiger partial charge in [0.2, 0.25) is 5.91 Å². The van der Waals surface area contributed by atoms with Gasteiger partial charge >= 0.3 is 0 Å². The highest BCUT2D eigenvalue weighted by atomic mass is 35.5. The molecule has 0 spiro atoms. The largest absolute Gasteiger partial charge is 0.378 e. The van der Waals surface area contributed by atoms with Crippen LogP contribution in [0.25, 0.3) is 5.69 Å². The van der Waals surface area contributed by atoms with Gasteiger partial charge in [-0.25, -0.2) is 4.39 Å². The molecule has 1 aromatic heterocycles. The Labute approximate surface area is 181 Å². The number of pyridine rings is 1. The number of nitrogens with two attached hydrogens (primary N) is 2. The first kappa shape index (κ1) is 22.2. The molecule has 0 aliphatic carbocycles. The van der Waals surface area contributed by atoms with Crippen molar-refractivity contribution >= 4 is 23.4 Å². The van der Waals surface area contributed by atoms with Crippen LogP contribution in [0.3, 0.4) is 0 Å². The van der Waals surface area contributed by atoms with Crippen molar-refractivity contribution in [3.63, 3.8) is 0 Å². The Balaban J connectivity index is 2.36. The normalized spacial score (nSPS) is 15.0. The van der Waals surface area contributed by atoms with Gasteiger partial charge in [0.05, 0.1) is 5.69 Å². The quantitative estimate of drug-likeness (QED) is 0.534. The molecule has 2 aromatic carbocycles. The molecule has 0 radical (unpaired) electrons. The lowest BCUT2D eigenvalue weighted by molar-refractivity contribution is -0.148. The third-order valence-electron chi connectivity index (χ3n) is 5.31. The van der Waals surface area contributed by atoms with Gasteiger partial charge in [-0.2, -0.15) is 0 Å². The number of aromatic nitrogens is 1. The maximum atomic E-state index is 15.5. The number of primary amides is 2. The maximum absolute atomic E-state index is 15.5. The van der Waals surface area contributed by atoms with Crippen molar-refractivity contribution in [3.05, 3.63) is 99.2 Å². The van der Waals surface area contributed by atoms with Crippen molar-refractivity contribution in [2.45, 2.75) is 17.9 Å². The van der Waals surface area contributed by atoms with Crippen molar-refractivity contribution in [2.75, 3.05) is 0 Å². The number of amides is 2. The zero-order chi connectivity index (χ0) is 23.0. The van der Waals surface area contributed by atoms with Crippen molar-refractivity contribution in [1.82, 2.24) is 4.57 Å². The van der Waals surface area contributed by atoms with E-state index in [2.05, 4.69) is 0 Å². The first-order valence-electron chi connectivity index (χ1n) is 9.09. The molecule has 2 atom stereocenters. The van der Waals surface area contributed by atoms with Crippen LogP contribution in [0.2, 0.25) is 5.02 Å². The number of halogens is 2. The SMILES string of the molecule is CC(O)(C(N)=O)C(C(N)=O)(c1ccc(Cl)cc1)c1ccc(-n2ccccc2=O)cc1F. The number of hydrogen-bond donors (Lipinski definition) is 3. The molecule has 0 saturated carbocycles. The third kappa shape index (κ3) is 3.49. The van der Waals surface area contributed by atoms with Gasteiger partial charge in [0.25, 0.3) is 11.5 Å². The molecule has 0 aliphatic heterocycles. The summed E-state index contributed by atoms with van der Waals surface area (Å²) in [4.78, 5) is 37.1. The molecule has 2 amide bonds. The van der Waals surface area contributed by atoms with Crippen LogP contribution in [-0.2, 0) is 15.0 Å². The first-order valence-corrected chi connectivity index (χ1v) is 9.47. The minimum Gasteiger partial charge on any atom is -0.378 e. The molecule has 3 rings (SSSR count). The van der Waals surface area contributed by atoms with Crippen LogP contribution in [0, 0.1) is 5.82 Å². The van der Waals surface area contributed by atoms with Gasteiger partial charge in [0, 0.05) is 22.8 Å². The van der Waals surface area contributed by atoms with E-state index in [1.54, 1.807) is 6.07 Å².